The summed E-state index contributed by atoms with van der Waals surface area (Å²) in [4.78, 5) is 54.9. The van der Waals surface area contributed by atoms with Crippen molar-refractivity contribution >= 4 is 57.6 Å². The number of imide groups is 1. The van der Waals surface area contributed by atoms with E-state index in [4.69, 9.17) is 10.1 Å². The number of para-hydroxylation sites is 1. The van der Waals surface area contributed by atoms with E-state index in [1.54, 1.807) is 16.9 Å². The Balaban J connectivity index is 0.842. The fourth-order valence-corrected chi connectivity index (χ4v) is 7.81. The van der Waals surface area contributed by atoms with Gasteiger partial charge in [0, 0.05) is 63.8 Å². The standard InChI is InChI=1S/C40H45N11O3/c1-24-5-4-6-25(2)35(24)46-36-31-21-42-40(47-37(31)49(3)48-36)43-29-8-7-27-15-16-50(23-28(27)19-29)22-26-13-17-51(18-14-26)30-9-10-32(41-20-30)38(53)44-33-11-12-34(52)45-39(33)54/h4-10,19-21,26,33H,11-18,22-23H2,1-3H3,(H,44,53)(H,46,48)(H,42,43,47)(H,45,52,54). The van der Waals surface area contributed by atoms with Gasteiger partial charge in [-0.25, -0.2) is 14.6 Å². The molecule has 14 heteroatoms. The number of benzene rings is 2. The van der Waals surface area contributed by atoms with Crippen molar-refractivity contribution in [3.63, 3.8) is 0 Å². The summed E-state index contributed by atoms with van der Waals surface area (Å²) < 4.78 is 1.79. The third-order valence-corrected chi connectivity index (χ3v) is 10.9. The zero-order valence-electron chi connectivity index (χ0n) is 30.9. The molecular formula is C40H45N11O3. The van der Waals surface area contributed by atoms with Gasteiger partial charge in [0.2, 0.25) is 17.8 Å². The maximum Gasteiger partial charge on any atom is 0.270 e. The van der Waals surface area contributed by atoms with Crippen LogP contribution in [0.4, 0.5) is 28.8 Å². The Labute approximate surface area is 313 Å². The SMILES string of the molecule is Cc1cccc(C)c1Nc1nn(C)c2nc(Nc3ccc4c(c3)CN(CC3CCN(c5ccc(C(=O)NC6CCC(=O)NC6=O)nc5)CC3)CC4)ncc12. The molecule has 3 amide bonds. The van der Waals surface area contributed by atoms with E-state index in [9.17, 15) is 14.4 Å². The van der Waals surface area contributed by atoms with Gasteiger partial charge < -0.3 is 20.9 Å². The van der Waals surface area contributed by atoms with Gasteiger partial charge in [-0.2, -0.15) is 10.1 Å². The summed E-state index contributed by atoms with van der Waals surface area (Å²) in [5.41, 5.74) is 9.03. The van der Waals surface area contributed by atoms with Gasteiger partial charge in [-0.05, 0) is 92.0 Å². The predicted octanol–water partition coefficient (Wildman–Crippen LogP) is 4.67. The average Bonchev–Trinajstić information content (AvgIpc) is 3.48. The monoisotopic (exact) mass is 727 g/mol. The molecule has 5 aromatic rings. The summed E-state index contributed by atoms with van der Waals surface area (Å²) in [5.74, 6) is 0.656. The van der Waals surface area contributed by atoms with E-state index in [1.807, 2.05) is 19.3 Å². The van der Waals surface area contributed by atoms with Crippen LogP contribution < -0.4 is 26.2 Å². The van der Waals surface area contributed by atoms with Crippen molar-refractivity contribution in [1.29, 1.82) is 0 Å². The second-order valence-corrected chi connectivity index (χ2v) is 14.7. The van der Waals surface area contributed by atoms with Crippen molar-refractivity contribution in [1.82, 2.24) is 40.3 Å². The maximum absolute atomic E-state index is 12.7. The highest BCUT2D eigenvalue weighted by molar-refractivity contribution is 6.03. The van der Waals surface area contributed by atoms with Crippen molar-refractivity contribution in [3.05, 3.63) is 88.9 Å². The van der Waals surface area contributed by atoms with Crippen molar-refractivity contribution in [2.45, 2.75) is 58.5 Å². The molecule has 278 valence electrons. The van der Waals surface area contributed by atoms with Crippen LogP contribution in [0.1, 0.15) is 58.4 Å². The van der Waals surface area contributed by atoms with Crippen LogP contribution in [0, 0.1) is 19.8 Å². The lowest BCUT2D eigenvalue weighted by Crippen LogP contribution is -2.52. The molecule has 2 fully saturated rings. The van der Waals surface area contributed by atoms with Crippen molar-refractivity contribution in [2.24, 2.45) is 13.0 Å². The summed E-state index contributed by atoms with van der Waals surface area (Å²) in [5, 5.41) is 17.5. The van der Waals surface area contributed by atoms with E-state index in [2.05, 4.69) is 91.3 Å². The Hall–Kier alpha value is -5.89. The predicted molar refractivity (Wildman–Crippen MR) is 207 cm³/mol. The largest absolute Gasteiger partial charge is 0.370 e. The van der Waals surface area contributed by atoms with Crippen LogP contribution in [-0.2, 0) is 29.6 Å². The Morgan fingerprint density at radius 1 is 0.907 bits per heavy atom. The molecule has 1 atom stereocenters. The number of hydrogen-bond donors (Lipinski definition) is 4. The number of rotatable bonds is 9. The average molecular weight is 728 g/mol. The minimum absolute atomic E-state index is 0.207. The molecule has 8 rings (SSSR count). The van der Waals surface area contributed by atoms with Crippen molar-refractivity contribution < 1.29 is 14.4 Å². The van der Waals surface area contributed by atoms with Crippen molar-refractivity contribution in [2.75, 3.05) is 41.7 Å². The fraction of sp³-hybridized carbons (Fsp3) is 0.375. The fourth-order valence-electron chi connectivity index (χ4n) is 7.81. The third-order valence-electron chi connectivity index (χ3n) is 10.9. The number of piperidine rings is 2. The van der Waals surface area contributed by atoms with E-state index in [-0.39, 0.29) is 18.0 Å². The summed E-state index contributed by atoms with van der Waals surface area (Å²) >= 11 is 0. The van der Waals surface area contributed by atoms with E-state index in [0.29, 0.717) is 18.3 Å². The first-order chi connectivity index (χ1) is 26.2. The Bertz CT molecular complexity index is 2210. The quantitative estimate of drug-likeness (QED) is 0.156. The number of pyridine rings is 1. The molecule has 0 spiro atoms. The molecule has 1 unspecified atom stereocenters. The van der Waals surface area contributed by atoms with Crippen LogP contribution in [0.3, 0.4) is 0 Å². The van der Waals surface area contributed by atoms with Crippen LogP contribution in [0.5, 0.6) is 0 Å². The van der Waals surface area contributed by atoms with E-state index < -0.39 is 17.9 Å². The van der Waals surface area contributed by atoms with E-state index in [1.165, 1.54) is 11.1 Å². The number of aromatic nitrogens is 5. The van der Waals surface area contributed by atoms with Gasteiger partial charge in [-0.1, -0.05) is 24.3 Å². The molecule has 0 saturated carbocycles. The summed E-state index contributed by atoms with van der Waals surface area (Å²) in [6, 6.07) is 15.7. The number of amides is 3. The highest BCUT2D eigenvalue weighted by Crippen LogP contribution is 2.31. The second kappa shape index (κ2) is 14.9. The highest BCUT2D eigenvalue weighted by Gasteiger charge is 2.29. The molecule has 2 saturated heterocycles. The smallest absolute Gasteiger partial charge is 0.270 e. The normalized spacial score (nSPS) is 18.0. The number of hydrogen-bond acceptors (Lipinski definition) is 11. The minimum Gasteiger partial charge on any atom is -0.370 e. The molecular weight excluding hydrogens is 683 g/mol. The van der Waals surface area contributed by atoms with Crippen LogP contribution in [0.25, 0.3) is 11.0 Å². The first kappa shape index (κ1) is 35.2. The zero-order valence-corrected chi connectivity index (χ0v) is 30.9. The molecule has 3 aliphatic rings. The number of nitrogens with zero attached hydrogens (tertiary/aromatic N) is 7. The van der Waals surface area contributed by atoms with Crippen LogP contribution in [0.2, 0.25) is 0 Å². The lowest BCUT2D eigenvalue weighted by atomic mass is 9.93. The number of nitrogens with one attached hydrogen (secondary N) is 4. The lowest BCUT2D eigenvalue weighted by Gasteiger charge is -2.37. The van der Waals surface area contributed by atoms with Gasteiger partial charge in [0.1, 0.15) is 11.7 Å². The highest BCUT2D eigenvalue weighted by atomic mass is 16.2. The number of fused-ring (bicyclic) bond motifs is 2. The van der Waals surface area contributed by atoms with E-state index >= 15 is 0 Å². The number of aryl methyl sites for hydroxylation is 3. The third kappa shape index (κ3) is 7.47. The maximum atomic E-state index is 12.7. The van der Waals surface area contributed by atoms with Gasteiger partial charge >= 0.3 is 0 Å². The van der Waals surface area contributed by atoms with Gasteiger partial charge in [0.15, 0.2) is 11.5 Å². The molecule has 54 heavy (non-hydrogen) atoms. The minimum atomic E-state index is -0.724. The van der Waals surface area contributed by atoms with Crippen LogP contribution >= 0.6 is 0 Å². The van der Waals surface area contributed by atoms with Gasteiger partial charge in [0.05, 0.1) is 17.3 Å². The summed E-state index contributed by atoms with van der Waals surface area (Å²) in [6.07, 6.45) is 7.25. The number of carbonyl (C=O) groups excluding carboxylic acids is 3. The Kier molecular flexibility index (Phi) is 9.67. The zero-order chi connectivity index (χ0) is 37.3. The molecule has 4 N–H and O–H groups in total. The van der Waals surface area contributed by atoms with Crippen LogP contribution in [-0.4, -0.2) is 79.6 Å². The van der Waals surface area contributed by atoms with Gasteiger partial charge in [-0.15, -0.1) is 0 Å². The Morgan fingerprint density at radius 2 is 1.72 bits per heavy atom. The van der Waals surface area contributed by atoms with E-state index in [0.717, 1.165) is 97.0 Å². The van der Waals surface area contributed by atoms with Crippen LogP contribution in [0.15, 0.2) is 60.9 Å². The van der Waals surface area contributed by atoms with Gasteiger partial charge in [-0.3, -0.25) is 24.6 Å². The molecule has 2 aromatic carbocycles. The molecule has 0 radical (unpaired) electrons. The Morgan fingerprint density at radius 3 is 2.48 bits per heavy atom. The number of carbonyl (C=O) groups is 3. The summed E-state index contributed by atoms with van der Waals surface area (Å²) in [6.45, 7) is 9.04. The molecule has 6 heterocycles. The lowest BCUT2D eigenvalue weighted by molar-refractivity contribution is -0.134. The molecule has 14 nitrogen and oxygen atoms in total. The first-order valence-electron chi connectivity index (χ1n) is 18.7. The molecule has 3 aromatic heterocycles. The molecule has 0 aliphatic carbocycles. The summed E-state index contributed by atoms with van der Waals surface area (Å²) in [7, 11) is 1.90. The second-order valence-electron chi connectivity index (χ2n) is 14.7. The van der Waals surface area contributed by atoms with Gasteiger partial charge in [0.25, 0.3) is 5.91 Å². The first-order valence-corrected chi connectivity index (χ1v) is 18.7. The van der Waals surface area contributed by atoms with Crippen molar-refractivity contribution in [3.8, 4) is 0 Å². The number of anilines is 5. The molecule has 3 aliphatic heterocycles. The molecule has 0 bridgehead atoms. The topological polar surface area (TPSA) is 162 Å².